The summed E-state index contributed by atoms with van der Waals surface area (Å²) in [7, 11) is 0. The highest BCUT2D eigenvalue weighted by Crippen LogP contribution is 2.07. The van der Waals surface area contributed by atoms with Gasteiger partial charge in [0.05, 0.1) is 6.54 Å². The van der Waals surface area contributed by atoms with E-state index in [2.05, 4.69) is 32.6 Å². The fraction of sp³-hybridized carbons (Fsp3) is 0.375. The minimum Gasteiger partial charge on any atom is -0.368 e. The molecule has 0 aliphatic carbocycles. The summed E-state index contributed by atoms with van der Waals surface area (Å²) in [4.78, 5) is 20.7. The van der Waals surface area contributed by atoms with Crippen molar-refractivity contribution in [2.24, 2.45) is 5.73 Å². The third-order valence-corrected chi connectivity index (χ3v) is 2.18. The first-order valence-electron chi connectivity index (χ1n) is 4.14. The van der Waals surface area contributed by atoms with E-state index in [4.69, 9.17) is 5.73 Å². The van der Waals surface area contributed by atoms with Gasteiger partial charge in [-0.25, -0.2) is 9.97 Å². The third-order valence-electron chi connectivity index (χ3n) is 1.62. The van der Waals surface area contributed by atoms with Gasteiger partial charge in [0.2, 0.25) is 11.9 Å². The zero-order chi connectivity index (χ0) is 10.6. The summed E-state index contributed by atoms with van der Waals surface area (Å²) in [6, 6.07) is 0. The second-order valence-corrected chi connectivity index (χ2v) is 3.93. The summed E-state index contributed by atoms with van der Waals surface area (Å²) in [6.07, 6.45) is 3.40. The van der Waals surface area contributed by atoms with Gasteiger partial charge in [-0.2, -0.15) is 0 Å². The fourth-order valence-electron chi connectivity index (χ4n) is 0.981. The van der Waals surface area contributed by atoms with Gasteiger partial charge in [0.15, 0.2) is 0 Å². The fourth-order valence-corrected chi connectivity index (χ4v) is 1.26. The second kappa shape index (κ2) is 5.08. The summed E-state index contributed by atoms with van der Waals surface area (Å²) < 4.78 is 0.960. The number of hydrogen-bond acceptors (Lipinski definition) is 4. The average molecular weight is 306 g/mol. The minimum absolute atomic E-state index is 0.150. The molecule has 0 saturated carbocycles. The van der Waals surface area contributed by atoms with Crippen LogP contribution < -0.4 is 10.6 Å². The number of aromatic nitrogens is 2. The molecule has 1 rings (SSSR count). The van der Waals surface area contributed by atoms with E-state index in [1.54, 1.807) is 17.3 Å². The normalized spacial score (nSPS) is 9.86. The van der Waals surface area contributed by atoms with Crippen molar-refractivity contribution in [2.45, 2.75) is 6.92 Å². The molecule has 1 aromatic heterocycles. The Kier molecular flexibility index (Phi) is 4.05. The number of carbonyl (C=O) groups is 1. The summed E-state index contributed by atoms with van der Waals surface area (Å²) in [5.41, 5.74) is 5.10. The summed E-state index contributed by atoms with van der Waals surface area (Å²) in [6.45, 7) is 2.73. The number of likely N-dealkylation sites (N-methyl/N-ethyl adjacent to an activating group) is 1. The summed E-state index contributed by atoms with van der Waals surface area (Å²) in [5.74, 6) is 0.153. The topological polar surface area (TPSA) is 72.1 Å². The van der Waals surface area contributed by atoms with E-state index >= 15 is 0 Å². The predicted octanol–water partition coefficient (Wildman–Crippen LogP) is 0.393. The second-order valence-electron chi connectivity index (χ2n) is 2.68. The van der Waals surface area contributed by atoms with Gasteiger partial charge < -0.3 is 10.6 Å². The molecule has 1 aromatic rings. The van der Waals surface area contributed by atoms with Crippen molar-refractivity contribution < 1.29 is 4.79 Å². The van der Waals surface area contributed by atoms with Gasteiger partial charge in [-0.15, -0.1) is 0 Å². The van der Waals surface area contributed by atoms with Crippen LogP contribution in [0, 0.1) is 3.57 Å². The molecule has 0 radical (unpaired) electrons. The first-order chi connectivity index (χ1) is 6.63. The molecule has 0 fully saturated rings. The van der Waals surface area contributed by atoms with Crippen molar-refractivity contribution in [1.82, 2.24) is 9.97 Å². The van der Waals surface area contributed by atoms with Crippen LogP contribution in [-0.4, -0.2) is 29.0 Å². The van der Waals surface area contributed by atoms with Gasteiger partial charge in [-0.1, -0.05) is 0 Å². The molecular formula is C8H11IN4O. The number of primary amides is 1. The first kappa shape index (κ1) is 11.2. The van der Waals surface area contributed by atoms with Crippen LogP contribution in [0.25, 0.3) is 0 Å². The maximum absolute atomic E-state index is 10.7. The van der Waals surface area contributed by atoms with E-state index in [1.165, 1.54) is 0 Å². The van der Waals surface area contributed by atoms with Crippen LogP contribution in [0.1, 0.15) is 6.92 Å². The molecule has 0 atom stereocenters. The van der Waals surface area contributed by atoms with Crippen LogP contribution >= 0.6 is 22.6 Å². The lowest BCUT2D eigenvalue weighted by molar-refractivity contribution is -0.116. The highest BCUT2D eigenvalue weighted by Gasteiger charge is 2.09. The van der Waals surface area contributed by atoms with Crippen molar-refractivity contribution in [3.05, 3.63) is 16.0 Å². The lowest BCUT2D eigenvalue weighted by Gasteiger charge is -2.18. The molecule has 76 valence electrons. The largest absolute Gasteiger partial charge is 0.368 e. The van der Waals surface area contributed by atoms with E-state index in [-0.39, 0.29) is 12.5 Å². The Hall–Kier alpha value is -0.920. The van der Waals surface area contributed by atoms with Crippen LogP contribution in [0.2, 0.25) is 0 Å². The van der Waals surface area contributed by atoms with Gasteiger partial charge in [0.25, 0.3) is 0 Å². The monoisotopic (exact) mass is 306 g/mol. The van der Waals surface area contributed by atoms with E-state index in [0.29, 0.717) is 12.5 Å². The number of anilines is 1. The zero-order valence-electron chi connectivity index (χ0n) is 7.77. The number of carbonyl (C=O) groups excluding carboxylic acids is 1. The number of hydrogen-bond donors (Lipinski definition) is 1. The van der Waals surface area contributed by atoms with Crippen LogP contribution in [-0.2, 0) is 4.79 Å². The average Bonchev–Trinajstić information content (AvgIpc) is 2.15. The Labute approximate surface area is 95.9 Å². The molecule has 0 bridgehead atoms. The van der Waals surface area contributed by atoms with Gasteiger partial charge in [-0.05, 0) is 29.5 Å². The number of halogens is 1. The molecule has 6 heteroatoms. The van der Waals surface area contributed by atoms with Crippen LogP contribution in [0.4, 0.5) is 5.95 Å². The van der Waals surface area contributed by atoms with Crippen molar-refractivity contribution in [3.63, 3.8) is 0 Å². The van der Waals surface area contributed by atoms with Crippen molar-refractivity contribution in [3.8, 4) is 0 Å². The van der Waals surface area contributed by atoms with Crippen molar-refractivity contribution in [2.75, 3.05) is 18.0 Å². The molecule has 0 aliphatic heterocycles. The molecular weight excluding hydrogens is 295 g/mol. The van der Waals surface area contributed by atoms with E-state index in [9.17, 15) is 4.79 Å². The Bertz CT molecular complexity index is 314. The molecule has 1 heterocycles. The summed E-state index contributed by atoms with van der Waals surface area (Å²) in [5, 5.41) is 0. The van der Waals surface area contributed by atoms with Crippen molar-refractivity contribution in [1.29, 1.82) is 0 Å². The summed E-state index contributed by atoms with van der Waals surface area (Å²) >= 11 is 2.12. The van der Waals surface area contributed by atoms with Crippen LogP contribution in [0.15, 0.2) is 12.4 Å². The van der Waals surface area contributed by atoms with Crippen LogP contribution in [0.5, 0.6) is 0 Å². The lowest BCUT2D eigenvalue weighted by atomic mass is 10.5. The van der Waals surface area contributed by atoms with E-state index in [0.717, 1.165) is 3.57 Å². The Morgan fingerprint density at radius 1 is 1.57 bits per heavy atom. The Morgan fingerprint density at radius 2 is 2.14 bits per heavy atom. The number of rotatable bonds is 4. The zero-order valence-corrected chi connectivity index (χ0v) is 9.93. The maximum Gasteiger partial charge on any atom is 0.237 e. The number of amides is 1. The number of nitrogens with zero attached hydrogens (tertiary/aromatic N) is 3. The van der Waals surface area contributed by atoms with Crippen LogP contribution in [0.3, 0.4) is 0 Å². The quantitative estimate of drug-likeness (QED) is 0.817. The SMILES string of the molecule is CCN(CC(N)=O)c1ncc(I)cn1. The minimum atomic E-state index is -0.381. The smallest absolute Gasteiger partial charge is 0.237 e. The Morgan fingerprint density at radius 3 is 2.57 bits per heavy atom. The van der Waals surface area contributed by atoms with Gasteiger partial charge in [0, 0.05) is 22.5 Å². The standard InChI is InChI=1S/C8H11IN4O/c1-2-13(5-7(10)14)8-11-3-6(9)4-12-8/h3-4H,2,5H2,1H3,(H2,10,14). The highest BCUT2D eigenvalue weighted by atomic mass is 127. The molecule has 14 heavy (non-hydrogen) atoms. The van der Waals surface area contributed by atoms with E-state index in [1.807, 2.05) is 6.92 Å². The molecule has 0 aromatic carbocycles. The molecule has 5 nitrogen and oxygen atoms in total. The van der Waals surface area contributed by atoms with Crippen molar-refractivity contribution >= 4 is 34.4 Å². The molecule has 0 aliphatic rings. The van der Waals surface area contributed by atoms with Gasteiger partial charge in [0.1, 0.15) is 0 Å². The predicted molar refractivity (Wildman–Crippen MR) is 61.8 cm³/mol. The first-order valence-corrected chi connectivity index (χ1v) is 5.22. The maximum atomic E-state index is 10.7. The number of nitrogens with two attached hydrogens (primary N) is 1. The third kappa shape index (κ3) is 3.09. The Balaban J connectivity index is 2.78. The molecule has 0 saturated heterocycles. The van der Waals surface area contributed by atoms with Gasteiger partial charge >= 0.3 is 0 Å². The van der Waals surface area contributed by atoms with Gasteiger partial charge in [-0.3, -0.25) is 4.79 Å². The molecule has 1 amide bonds. The lowest BCUT2D eigenvalue weighted by Crippen LogP contribution is -2.34. The molecule has 2 N–H and O–H groups in total. The highest BCUT2D eigenvalue weighted by molar-refractivity contribution is 14.1. The molecule has 0 spiro atoms. The molecule has 0 unspecified atom stereocenters. The van der Waals surface area contributed by atoms with E-state index < -0.39 is 0 Å².